The van der Waals surface area contributed by atoms with Crippen LogP contribution in [0.1, 0.15) is 47.4 Å². The van der Waals surface area contributed by atoms with Gasteiger partial charge in [-0.2, -0.15) is 0 Å². The number of carbonyl (C=O) groups excluding carboxylic acids is 4. The minimum absolute atomic E-state index is 0.0276. The average molecular weight is 530 g/mol. The van der Waals surface area contributed by atoms with E-state index in [1.165, 1.54) is 0 Å². The molecule has 2 N–H and O–H groups in total. The Bertz CT molecular complexity index is 1410. The lowest BCUT2D eigenvalue weighted by atomic mass is 10.0. The molecular weight excluding hydrogens is 494 g/mol. The quantitative estimate of drug-likeness (QED) is 0.489. The lowest BCUT2D eigenvalue weighted by Crippen LogP contribution is -2.53. The van der Waals surface area contributed by atoms with E-state index in [4.69, 9.17) is 0 Å². The predicted octanol–water partition coefficient (Wildman–Crippen LogP) is 3.07. The van der Waals surface area contributed by atoms with Crippen molar-refractivity contribution in [3.8, 4) is 0 Å². The monoisotopic (exact) mass is 529 g/mol. The zero-order chi connectivity index (χ0) is 27.8. The Kier molecular flexibility index (Phi) is 7.16. The number of hydrogen-bond acceptors (Lipinski definition) is 5. The lowest BCUT2D eigenvalue weighted by Gasteiger charge is -2.29. The fraction of sp³-hybridized carbons (Fsp3) is 0.400. The molecule has 1 aromatic heterocycles. The number of hydrogen-bond donors (Lipinski definition) is 2. The van der Waals surface area contributed by atoms with Gasteiger partial charge in [0.1, 0.15) is 12.1 Å². The summed E-state index contributed by atoms with van der Waals surface area (Å²) in [6, 6.07) is 12.7. The number of benzene rings is 2. The third kappa shape index (κ3) is 5.13. The fourth-order valence-corrected chi connectivity index (χ4v) is 5.73. The van der Waals surface area contributed by atoms with Gasteiger partial charge in [-0.05, 0) is 66.6 Å². The number of likely N-dealkylation sites (tertiary alicyclic amines) is 2. The van der Waals surface area contributed by atoms with Gasteiger partial charge in [-0.15, -0.1) is 0 Å². The van der Waals surface area contributed by atoms with Crippen LogP contribution in [-0.4, -0.2) is 83.6 Å². The smallest absolute Gasteiger partial charge is 0.254 e. The standard InChI is InChI=1S/C30H35N5O4/c1-18(2)15-24(32-28(37)20-7-9-22(10-8-20)33(3)4)30(39)34-14-12-25-27(34)26(36)17-35(25)29(38)21-6-5-19-11-13-31-23(19)16-21/h5-11,13,16,18,24-25,27,31H,12,14-15,17H2,1-4H3,(H,32,37). The van der Waals surface area contributed by atoms with Crippen molar-refractivity contribution in [1.29, 1.82) is 0 Å². The number of rotatable bonds is 7. The van der Waals surface area contributed by atoms with Gasteiger partial charge in [0.05, 0.1) is 12.6 Å². The van der Waals surface area contributed by atoms with Gasteiger partial charge in [0.2, 0.25) is 5.91 Å². The Hall–Kier alpha value is -4.14. The molecule has 5 rings (SSSR count). The van der Waals surface area contributed by atoms with E-state index in [-0.39, 0.29) is 42.0 Å². The van der Waals surface area contributed by atoms with E-state index in [0.29, 0.717) is 30.5 Å². The van der Waals surface area contributed by atoms with Crippen molar-refractivity contribution >= 4 is 40.1 Å². The molecule has 2 aliphatic rings. The first-order chi connectivity index (χ1) is 18.6. The van der Waals surface area contributed by atoms with Crippen molar-refractivity contribution in [3.05, 3.63) is 65.9 Å². The maximum Gasteiger partial charge on any atom is 0.254 e. The highest BCUT2D eigenvalue weighted by Gasteiger charge is 2.52. The molecule has 9 nitrogen and oxygen atoms in total. The van der Waals surface area contributed by atoms with Crippen LogP contribution in [0.5, 0.6) is 0 Å². The van der Waals surface area contributed by atoms with E-state index >= 15 is 0 Å². The van der Waals surface area contributed by atoms with Crippen molar-refractivity contribution in [3.63, 3.8) is 0 Å². The molecule has 2 aromatic carbocycles. The molecule has 3 atom stereocenters. The van der Waals surface area contributed by atoms with Crippen LogP contribution in [-0.2, 0) is 9.59 Å². The van der Waals surface area contributed by atoms with E-state index in [9.17, 15) is 19.2 Å². The zero-order valence-electron chi connectivity index (χ0n) is 22.8. The minimum atomic E-state index is -0.766. The highest BCUT2D eigenvalue weighted by atomic mass is 16.2. The van der Waals surface area contributed by atoms with Crippen LogP contribution in [0.2, 0.25) is 0 Å². The Morgan fingerprint density at radius 2 is 1.74 bits per heavy atom. The minimum Gasteiger partial charge on any atom is -0.378 e. The molecule has 2 aliphatic heterocycles. The fourth-order valence-electron chi connectivity index (χ4n) is 5.73. The van der Waals surface area contributed by atoms with Crippen molar-refractivity contribution in [2.45, 2.75) is 44.8 Å². The maximum atomic E-state index is 13.8. The first-order valence-corrected chi connectivity index (χ1v) is 13.4. The molecule has 2 saturated heterocycles. The van der Waals surface area contributed by atoms with Gasteiger partial charge in [0.15, 0.2) is 5.78 Å². The van der Waals surface area contributed by atoms with Crippen molar-refractivity contribution in [2.75, 3.05) is 32.1 Å². The molecule has 3 unspecified atom stereocenters. The Labute approximate surface area is 228 Å². The van der Waals surface area contributed by atoms with Crippen LogP contribution in [0.25, 0.3) is 10.9 Å². The van der Waals surface area contributed by atoms with Gasteiger partial charge in [0.25, 0.3) is 11.8 Å². The molecule has 0 spiro atoms. The summed E-state index contributed by atoms with van der Waals surface area (Å²) in [6.07, 6.45) is 2.79. The van der Waals surface area contributed by atoms with E-state index in [1.54, 1.807) is 34.1 Å². The van der Waals surface area contributed by atoms with Gasteiger partial charge < -0.3 is 25.0 Å². The highest BCUT2D eigenvalue weighted by molar-refractivity contribution is 6.04. The van der Waals surface area contributed by atoms with Gasteiger partial charge >= 0.3 is 0 Å². The van der Waals surface area contributed by atoms with Gasteiger partial charge in [-0.1, -0.05) is 19.9 Å². The number of fused-ring (bicyclic) bond motifs is 2. The van der Waals surface area contributed by atoms with E-state index in [1.807, 2.05) is 63.3 Å². The summed E-state index contributed by atoms with van der Waals surface area (Å²) in [5, 5.41) is 3.93. The summed E-state index contributed by atoms with van der Waals surface area (Å²) in [6.45, 7) is 4.32. The Balaban J connectivity index is 1.32. The van der Waals surface area contributed by atoms with Gasteiger partial charge in [0, 0.05) is 49.2 Å². The van der Waals surface area contributed by atoms with Crippen LogP contribution < -0.4 is 10.2 Å². The third-order valence-electron chi connectivity index (χ3n) is 7.72. The van der Waals surface area contributed by atoms with Crippen LogP contribution in [0.4, 0.5) is 5.69 Å². The molecule has 204 valence electrons. The largest absolute Gasteiger partial charge is 0.378 e. The van der Waals surface area contributed by atoms with E-state index in [2.05, 4.69) is 10.3 Å². The summed E-state index contributed by atoms with van der Waals surface area (Å²) in [5.74, 6) is -0.813. The summed E-state index contributed by atoms with van der Waals surface area (Å²) in [7, 11) is 3.85. The van der Waals surface area contributed by atoms with Crippen LogP contribution in [0.15, 0.2) is 54.7 Å². The molecule has 0 saturated carbocycles. The Morgan fingerprint density at radius 3 is 2.44 bits per heavy atom. The summed E-state index contributed by atoms with van der Waals surface area (Å²) in [4.78, 5) is 61.7. The lowest BCUT2D eigenvalue weighted by molar-refractivity contribution is -0.138. The van der Waals surface area contributed by atoms with Crippen LogP contribution in [0.3, 0.4) is 0 Å². The molecular formula is C30H35N5O4. The maximum absolute atomic E-state index is 13.8. The van der Waals surface area contributed by atoms with Crippen molar-refractivity contribution in [1.82, 2.24) is 20.1 Å². The number of anilines is 1. The number of ketones is 1. The molecule has 2 fully saturated rings. The van der Waals surface area contributed by atoms with Gasteiger partial charge in [-0.3, -0.25) is 19.2 Å². The normalized spacial score (nSPS) is 19.5. The number of nitrogens with zero attached hydrogens (tertiary/aromatic N) is 3. The van der Waals surface area contributed by atoms with Crippen molar-refractivity contribution in [2.24, 2.45) is 5.92 Å². The van der Waals surface area contributed by atoms with E-state index < -0.39 is 12.1 Å². The number of nitrogens with one attached hydrogen (secondary N) is 2. The average Bonchev–Trinajstić information content (AvgIpc) is 3.63. The molecule has 3 heterocycles. The Morgan fingerprint density at radius 1 is 1.03 bits per heavy atom. The van der Waals surface area contributed by atoms with Gasteiger partial charge in [-0.25, -0.2) is 0 Å². The predicted molar refractivity (Wildman–Crippen MR) is 150 cm³/mol. The van der Waals surface area contributed by atoms with Crippen LogP contribution in [0, 0.1) is 5.92 Å². The number of carbonyl (C=O) groups is 4. The summed E-state index contributed by atoms with van der Waals surface area (Å²) < 4.78 is 0. The molecule has 3 aromatic rings. The molecule has 0 bridgehead atoms. The second-order valence-electron chi connectivity index (χ2n) is 11.1. The molecule has 39 heavy (non-hydrogen) atoms. The third-order valence-corrected chi connectivity index (χ3v) is 7.72. The summed E-state index contributed by atoms with van der Waals surface area (Å²) >= 11 is 0. The highest BCUT2D eigenvalue weighted by Crippen LogP contribution is 2.32. The summed E-state index contributed by atoms with van der Waals surface area (Å²) in [5.41, 5.74) is 2.80. The topological polar surface area (TPSA) is 106 Å². The number of aromatic nitrogens is 1. The number of amides is 3. The number of aromatic amines is 1. The second kappa shape index (κ2) is 10.6. The van der Waals surface area contributed by atoms with Crippen LogP contribution >= 0.6 is 0 Å². The molecule has 0 radical (unpaired) electrons. The molecule has 0 aliphatic carbocycles. The zero-order valence-corrected chi connectivity index (χ0v) is 22.8. The number of Topliss-reactive ketones (excluding diaryl/α,β-unsaturated/α-hetero) is 1. The second-order valence-corrected chi connectivity index (χ2v) is 11.1. The molecule has 3 amide bonds. The SMILES string of the molecule is CC(C)CC(NC(=O)c1ccc(N(C)C)cc1)C(=O)N1CCC2C1C(=O)CN2C(=O)c1ccc2cc[nH]c2c1. The van der Waals surface area contributed by atoms with Crippen molar-refractivity contribution < 1.29 is 19.2 Å². The first kappa shape index (κ1) is 26.5. The van der Waals surface area contributed by atoms with E-state index in [0.717, 1.165) is 16.6 Å². The first-order valence-electron chi connectivity index (χ1n) is 13.4. The number of H-pyrrole nitrogens is 1. The molecule has 9 heteroatoms.